The molecule has 1 amide bonds. The van der Waals surface area contributed by atoms with E-state index in [0.29, 0.717) is 62.0 Å². The minimum absolute atomic E-state index is 0. The molecule has 0 aliphatic carbocycles. The molecule has 1 fully saturated rings. The van der Waals surface area contributed by atoms with Crippen molar-refractivity contribution in [1.82, 2.24) is 0 Å². The molecule has 40 nitrogen and oxygen atoms in total. The Bertz CT molecular complexity index is 5620. The number of amides is 1. The molecular weight excluding hydrogens is 1810 g/mol. The number of rotatable bonds is 20. The average Bonchev–Trinajstić information content (AvgIpc) is 1.76. The first-order valence-electron chi connectivity index (χ1n) is 41.0. The van der Waals surface area contributed by atoms with Crippen LogP contribution in [0.2, 0.25) is 0 Å². The number of fused-ring (bicyclic) bond motifs is 2. The van der Waals surface area contributed by atoms with Gasteiger partial charge in [0.25, 0.3) is 0 Å². The molecule has 3 heterocycles. The van der Waals surface area contributed by atoms with Crippen LogP contribution in [0, 0.1) is 39.2 Å². The van der Waals surface area contributed by atoms with Crippen LogP contribution in [-0.2, 0) is 112 Å². The number of ether oxygens (including phenoxy) is 10. The number of phenolic OH excluding ortho intramolecular Hbond substituents is 4. The van der Waals surface area contributed by atoms with Crippen molar-refractivity contribution in [3.05, 3.63) is 258 Å². The number of nitro benzene ring substituents is 1. The SMILES string of the molecule is C1CCOC1.CC#N.CC(=O)C(C)C(=O)O.CC(=O)C(C)C(=O)OCc1ccccc1.CC(=O)CC(=O)OCc1ccccc1.CC1=C(C)C(=O)Cc2cc(C(=O)O)ccc2O1.COC(=O)c1ccc(O)c(N)c1.COC(=O)c1ccc(O)c(N)c1.COC(=O)c1ccc(O)c(NC(=O)C(C)C(C)=O)c1.COC(=O)c1ccc(O)c([N+](=O)[O-])c1.COC(=O)c1ccc2c(c1)CC(=O)C(C)=C(C)O2.[Li+].[OH-]. The topological polar surface area (TPSA) is 648 Å². The van der Waals surface area contributed by atoms with E-state index >= 15 is 0 Å². The fourth-order valence-electron chi connectivity index (χ4n) is 10.0. The van der Waals surface area contributed by atoms with Gasteiger partial charge in [0.05, 0.1) is 103 Å². The smallest absolute Gasteiger partial charge is 0.870 e. The van der Waals surface area contributed by atoms with Crippen molar-refractivity contribution in [2.24, 2.45) is 17.8 Å². The number of nitro groups is 1. The number of allylic oxidation sites excluding steroid dienone is 4. The molecular formula is C98H112LiN5O35. The van der Waals surface area contributed by atoms with Crippen LogP contribution in [0.5, 0.6) is 34.5 Å². The number of benzene rings is 8. The summed E-state index contributed by atoms with van der Waals surface area (Å²) >= 11 is 0. The van der Waals surface area contributed by atoms with Gasteiger partial charge in [-0.15, -0.1) is 0 Å². The maximum atomic E-state index is 11.9. The number of nitrogen functional groups attached to an aromatic ring is 2. The number of hydrogen-bond acceptors (Lipinski definition) is 36. The van der Waals surface area contributed by atoms with Gasteiger partial charge in [0.1, 0.15) is 94.9 Å². The number of carboxylic acid groups (broad SMARTS) is 2. The first kappa shape index (κ1) is 125. The van der Waals surface area contributed by atoms with E-state index in [9.17, 15) is 91.9 Å². The monoisotopic (exact) mass is 1930 g/mol. The van der Waals surface area contributed by atoms with E-state index in [1.807, 2.05) is 60.7 Å². The standard InChI is InChI=1S/C14H14O4.C13H15NO5.C13H12O4.C12H14O3.C11H12O3.C8H7NO5.2C8H9NO3.C5H8O3.C4H8O.C2H3N.Li.H2O/c1-8-9(2)18-13-5-4-10(14(16)17-3)6-11(13)7-12(8)15;1-7(8(2)15)12(17)14-10-6-9(13(18)19-3)4-5-11(10)16;1-7-8(2)17-12-4-3-9(13(15)16)5-10(12)6-11(7)14;1-9(10(2)13)12(14)15-8-11-6-4-3-5-7-11;1-9(12)7-11(13)14-8-10-5-3-2-4-6-10;1-14-8(11)5-2-3-7(10)6(4-5)9(12)13;2*1-12-8(11)5-2-3-7(10)6(9)4-5;1-3(4(2)6)5(7)8;1-2-4-5-3-1;1-2-3;;/h4-6H,7H2,1-3H3;4-7,16H,1-3H3,(H,14,17);3-5H,6H2,1-2H3,(H,15,16);3-7,9H,8H2,1-2H3;2-6H,7-8H2,1H3;2-4,10H,1H3;2*2-4,10H,9H2,1H3;3H,1-2H3,(H,7,8);1-4H2;1H3;;1H2/q;;;;;;;;;;;+1;/p-1. The first-order valence-corrected chi connectivity index (χ1v) is 41.0. The molecule has 3 aliphatic heterocycles. The summed E-state index contributed by atoms with van der Waals surface area (Å²) in [5.41, 5.74) is 16.4. The molecule has 8 aromatic rings. The van der Waals surface area contributed by atoms with Crippen molar-refractivity contribution >= 4 is 117 Å². The molecule has 1 saturated heterocycles. The van der Waals surface area contributed by atoms with E-state index in [0.717, 1.165) is 36.5 Å². The van der Waals surface area contributed by atoms with Gasteiger partial charge >= 0.3 is 78.3 Å². The van der Waals surface area contributed by atoms with Crippen LogP contribution in [-0.4, -0.2) is 184 Å². The Hall–Kier alpha value is -16.2. The van der Waals surface area contributed by atoms with Crippen molar-refractivity contribution in [1.29, 1.82) is 5.26 Å². The van der Waals surface area contributed by atoms with Gasteiger partial charge in [-0.2, -0.15) is 5.26 Å². The number of aromatic hydroxyl groups is 4. The van der Waals surface area contributed by atoms with E-state index < -0.39 is 93.7 Å². The number of hydrogen-bond donors (Lipinski definition) is 9. The summed E-state index contributed by atoms with van der Waals surface area (Å²) in [7, 11) is 6.29. The van der Waals surface area contributed by atoms with E-state index in [1.165, 1.54) is 170 Å². The summed E-state index contributed by atoms with van der Waals surface area (Å²) in [6, 6.07) is 45.5. The van der Waals surface area contributed by atoms with Gasteiger partial charge in [0.15, 0.2) is 17.3 Å². The van der Waals surface area contributed by atoms with Crippen molar-refractivity contribution in [3.63, 3.8) is 0 Å². The molecule has 3 unspecified atom stereocenters. The van der Waals surface area contributed by atoms with E-state index in [2.05, 4.69) is 29.0 Å². The molecule has 0 radical (unpaired) electrons. The quantitative estimate of drug-likeness (QED) is 0.00500. The Balaban J connectivity index is 0. The Kier molecular flexibility index (Phi) is 58.7. The van der Waals surface area contributed by atoms with Gasteiger partial charge in [-0.25, -0.2) is 28.8 Å². The molecule has 0 aromatic heterocycles. The number of ketones is 6. The number of anilines is 3. The Labute approximate surface area is 812 Å². The first-order chi connectivity index (χ1) is 64.5. The number of carboxylic acids is 2. The fraction of sp³-hybridized carbons (Fsp3) is 0.296. The van der Waals surface area contributed by atoms with Crippen LogP contribution in [0.3, 0.4) is 0 Å². The molecule has 0 spiro atoms. The summed E-state index contributed by atoms with van der Waals surface area (Å²) in [6.45, 7) is 20.5. The van der Waals surface area contributed by atoms with E-state index in [1.54, 1.807) is 65.0 Å². The summed E-state index contributed by atoms with van der Waals surface area (Å²) in [4.78, 5) is 186. The summed E-state index contributed by atoms with van der Waals surface area (Å²) in [5.74, 6) is -7.95. The van der Waals surface area contributed by atoms with Crippen molar-refractivity contribution in [2.45, 2.75) is 128 Å². The minimum Gasteiger partial charge on any atom is -0.870 e. The molecule has 0 saturated carbocycles. The van der Waals surface area contributed by atoms with Gasteiger partial charge < -0.3 is 100 Å². The predicted molar refractivity (Wildman–Crippen MR) is 497 cm³/mol. The van der Waals surface area contributed by atoms with Crippen LogP contribution in [0.1, 0.15) is 187 Å². The number of phenols is 4. The molecule has 11 rings (SSSR count). The number of carbonyl (C=O) groups is 16. The summed E-state index contributed by atoms with van der Waals surface area (Å²) in [5, 5.41) is 73.8. The Morgan fingerprint density at radius 1 is 0.482 bits per heavy atom. The number of aliphatic carboxylic acids is 1. The van der Waals surface area contributed by atoms with Crippen LogP contribution < -0.4 is 45.1 Å². The Morgan fingerprint density at radius 3 is 1.15 bits per heavy atom. The van der Waals surface area contributed by atoms with Crippen molar-refractivity contribution in [2.75, 3.05) is 65.5 Å². The predicted octanol–water partition coefficient (Wildman–Crippen LogP) is 10.5. The zero-order chi connectivity index (χ0) is 104. The largest absolute Gasteiger partial charge is 1.00 e. The number of carbonyl (C=O) groups excluding carboxylic acids is 14. The van der Waals surface area contributed by atoms with Crippen LogP contribution in [0.4, 0.5) is 22.7 Å². The second-order valence-electron chi connectivity index (χ2n) is 28.9. The third-order valence-corrected chi connectivity index (χ3v) is 18.7. The third kappa shape index (κ3) is 46.0. The summed E-state index contributed by atoms with van der Waals surface area (Å²) in [6.07, 6.45) is 2.83. The van der Waals surface area contributed by atoms with Gasteiger partial charge in [0, 0.05) is 61.3 Å². The van der Waals surface area contributed by atoms with Crippen LogP contribution >= 0.6 is 0 Å². The summed E-state index contributed by atoms with van der Waals surface area (Å²) < 4.78 is 48.4. The van der Waals surface area contributed by atoms with Gasteiger partial charge in [-0.05, 0) is 203 Å². The normalized spacial score (nSPS) is 11.8. The third-order valence-electron chi connectivity index (χ3n) is 18.7. The number of aromatic carboxylic acids is 1. The second-order valence-corrected chi connectivity index (χ2v) is 28.9. The molecule has 740 valence electrons. The number of nitrogens with zero attached hydrogens (tertiary/aromatic N) is 2. The molecule has 12 N–H and O–H groups in total. The van der Waals surface area contributed by atoms with Crippen molar-refractivity contribution in [3.8, 4) is 40.6 Å². The van der Waals surface area contributed by atoms with Gasteiger partial charge in [0.2, 0.25) is 5.91 Å². The second kappa shape index (κ2) is 65.4. The number of nitrogens with two attached hydrogens (primary N) is 2. The van der Waals surface area contributed by atoms with Gasteiger partial charge in [-0.1, -0.05) is 60.7 Å². The average molecular weight is 1930 g/mol. The maximum Gasteiger partial charge on any atom is 1.00 e. The number of esters is 7. The van der Waals surface area contributed by atoms with Crippen molar-refractivity contribution < 1.29 is 184 Å². The number of nitrogens with one attached hydrogen (secondary N) is 1. The number of nitriles is 1. The van der Waals surface area contributed by atoms with E-state index in [-0.39, 0.29) is 143 Å². The number of Topliss-reactive ketones (excluding diaryl/α,β-unsaturated/α-hetero) is 6. The molecule has 3 aliphatic rings. The zero-order valence-electron chi connectivity index (χ0n) is 79.9. The Morgan fingerprint density at radius 2 is 0.820 bits per heavy atom. The maximum absolute atomic E-state index is 11.9. The molecule has 41 heteroatoms. The molecule has 139 heavy (non-hydrogen) atoms. The zero-order valence-corrected chi connectivity index (χ0v) is 79.9. The van der Waals surface area contributed by atoms with Crippen LogP contribution in [0.15, 0.2) is 193 Å². The van der Waals surface area contributed by atoms with Crippen LogP contribution in [0.25, 0.3) is 0 Å². The molecule has 3 atom stereocenters. The molecule has 8 aromatic carbocycles. The minimum atomic E-state index is -1.06. The fourth-order valence-corrected chi connectivity index (χ4v) is 10.0. The van der Waals surface area contributed by atoms with Gasteiger partial charge in [-0.3, -0.25) is 58.1 Å². The van der Waals surface area contributed by atoms with E-state index in [4.69, 9.17) is 65.9 Å². The molecule has 0 bridgehead atoms. The number of methoxy groups -OCH3 is 5.